The molecule has 8 heavy (non-hydrogen) atoms. The van der Waals surface area contributed by atoms with Crippen LogP contribution in [0.3, 0.4) is 0 Å². The Morgan fingerprint density at radius 2 is 1.25 bits per heavy atom. The van der Waals surface area contributed by atoms with E-state index in [0.717, 1.165) is 8.96 Å². The van der Waals surface area contributed by atoms with E-state index < -0.39 is 0 Å². The SMILES string of the molecule is ClCC(Br)=C(Br)CCl. The molecule has 0 saturated carbocycles. The van der Waals surface area contributed by atoms with Crippen molar-refractivity contribution in [1.82, 2.24) is 0 Å². The van der Waals surface area contributed by atoms with E-state index in [-0.39, 0.29) is 0 Å². The van der Waals surface area contributed by atoms with Crippen molar-refractivity contribution in [2.75, 3.05) is 11.8 Å². The molecule has 0 atom stereocenters. The maximum atomic E-state index is 5.43. The van der Waals surface area contributed by atoms with E-state index in [9.17, 15) is 0 Å². The van der Waals surface area contributed by atoms with Gasteiger partial charge in [0, 0.05) is 8.96 Å². The molecule has 0 aliphatic carbocycles. The maximum Gasteiger partial charge on any atom is 0.0548 e. The number of hydrogen-bond donors (Lipinski definition) is 0. The van der Waals surface area contributed by atoms with Gasteiger partial charge in [-0.2, -0.15) is 0 Å². The van der Waals surface area contributed by atoms with E-state index in [1.807, 2.05) is 0 Å². The monoisotopic (exact) mass is 280 g/mol. The van der Waals surface area contributed by atoms with Gasteiger partial charge in [-0.25, -0.2) is 0 Å². The van der Waals surface area contributed by atoms with Crippen molar-refractivity contribution in [3.8, 4) is 0 Å². The lowest BCUT2D eigenvalue weighted by Gasteiger charge is -1.92. The van der Waals surface area contributed by atoms with E-state index >= 15 is 0 Å². The van der Waals surface area contributed by atoms with Crippen molar-refractivity contribution in [2.45, 2.75) is 0 Å². The highest BCUT2D eigenvalue weighted by Crippen LogP contribution is 2.19. The van der Waals surface area contributed by atoms with E-state index in [1.165, 1.54) is 0 Å². The predicted octanol–water partition coefficient (Wildman–Crippen LogP) is 3.47. The first-order valence-corrected chi connectivity index (χ1v) is 4.52. The van der Waals surface area contributed by atoms with Gasteiger partial charge in [0.1, 0.15) is 0 Å². The highest BCUT2D eigenvalue weighted by molar-refractivity contribution is 9.14. The standard InChI is InChI=1S/C4H4Br2Cl2/c5-3(1-7)4(6)2-8/h1-2H2. The molecule has 4 heteroatoms. The molecular weight excluding hydrogens is 279 g/mol. The summed E-state index contributed by atoms with van der Waals surface area (Å²) in [6.07, 6.45) is 0. The van der Waals surface area contributed by atoms with Crippen LogP contribution in [0.4, 0.5) is 0 Å². The highest BCUT2D eigenvalue weighted by Gasteiger charge is 1.95. The first kappa shape index (κ1) is 9.28. The van der Waals surface area contributed by atoms with Crippen molar-refractivity contribution in [2.24, 2.45) is 0 Å². The molecule has 48 valence electrons. The van der Waals surface area contributed by atoms with E-state index in [4.69, 9.17) is 23.2 Å². The molecule has 0 aromatic heterocycles. The molecule has 0 aliphatic rings. The Bertz CT molecular complexity index is 88.2. The van der Waals surface area contributed by atoms with Crippen molar-refractivity contribution in [3.63, 3.8) is 0 Å². The third-order valence-corrected chi connectivity index (χ3v) is 3.76. The molecule has 0 rings (SSSR count). The molecule has 0 unspecified atom stereocenters. The minimum atomic E-state index is 0.466. The molecule has 0 N–H and O–H groups in total. The van der Waals surface area contributed by atoms with Gasteiger partial charge in [-0.15, -0.1) is 23.2 Å². The van der Waals surface area contributed by atoms with Crippen LogP contribution in [0.5, 0.6) is 0 Å². The fourth-order valence-corrected chi connectivity index (χ4v) is 1.07. The lowest BCUT2D eigenvalue weighted by molar-refractivity contribution is 1.59. The molecular formula is C4H4Br2Cl2. The molecule has 0 nitrogen and oxygen atoms in total. The first-order valence-electron chi connectivity index (χ1n) is 1.87. The third-order valence-electron chi connectivity index (χ3n) is 0.529. The average Bonchev–Trinajstić information content (AvgIpc) is 1.84. The lowest BCUT2D eigenvalue weighted by atomic mass is 10.6. The molecule has 0 heterocycles. The fourth-order valence-electron chi connectivity index (χ4n) is 0.145. The highest BCUT2D eigenvalue weighted by atomic mass is 79.9. The van der Waals surface area contributed by atoms with Gasteiger partial charge in [-0.05, 0) is 0 Å². The maximum absolute atomic E-state index is 5.43. The zero-order valence-electron chi connectivity index (χ0n) is 3.93. The molecule has 0 radical (unpaired) electrons. The van der Waals surface area contributed by atoms with Crippen LogP contribution in [0.2, 0.25) is 0 Å². The summed E-state index contributed by atoms with van der Waals surface area (Å²) in [6, 6.07) is 0. The Morgan fingerprint density at radius 3 is 1.38 bits per heavy atom. The van der Waals surface area contributed by atoms with Gasteiger partial charge in [0.15, 0.2) is 0 Å². The smallest absolute Gasteiger partial charge is 0.0548 e. The summed E-state index contributed by atoms with van der Waals surface area (Å²) < 4.78 is 1.82. The fraction of sp³-hybridized carbons (Fsp3) is 0.500. The zero-order chi connectivity index (χ0) is 6.57. The van der Waals surface area contributed by atoms with Crippen LogP contribution in [-0.4, -0.2) is 11.8 Å². The van der Waals surface area contributed by atoms with Crippen molar-refractivity contribution in [1.29, 1.82) is 0 Å². The number of rotatable bonds is 2. The molecule has 0 aromatic carbocycles. The van der Waals surface area contributed by atoms with E-state index in [1.54, 1.807) is 0 Å². The van der Waals surface area contributed by atoms with Crippen LogP contribution in [0, 0.1) is 0 Å². The summed E-state index contributed by atoms with van der Waals surface area (Å²) in [7, 11) is 0. The van der Waals surface area contributed by atoms with E-state index in [2.05, 4.69) is 31.9 Å². The van der Waals surface area contributed by atoms with Crippen LogP contribution in [0.15, 0.2) is 8.96 Å². The number of hydrogen-bond acceptors (Lipinski definition) is 0. The Balaban J connectivity index is 3.83. The van der Waals surface area contributed by atoms with Crippen molar-refractivity contribution in [3.05, 3.63) is 8.96 Å². The number of halogens is 4. The predicted molar refractivity (Wildman–Crippen MR) is 46.3 cm³/mol. The van der Waals surface area contributed by atoms with Gasteiger partial charge in [-0.3, -0.25) is 0 Å². The van der Waals surface area contributed by atoms with Crippen LogP contribution >= 0.6 is 55.1 Å². The summed E-state index contributed by atoms with van der Waals surface area (Å²) in [5.41, 5.74) is 0. The van der Waals surface area contributed by atoms with Crippen LogP contribution in [0.25, 0.3) is 0 Å². The largest absolute Gasteiger partial charge is 0.121 e. The second-order valence-corrected chi connectivity index (χ2v) is 3.53. The Morgan fingerprint density at radius 1 is 1.00 bits per heavy atom. The van der Waals surface area contributed by atoms with E-state index in [0.29, 0.717) is 11.8 Å². The summed E-state index contributed by atoms with van der Waals surface area (Å²) in [5, 5.41) is 0. The minimum Gasteiger partial charge on any atom is -0.121 e. The summed E-state index contributed by atoms with van der Waals surface area (Å²) in [5.74, 6) is 0.931. The molecule has 0 spiro atoms. The zero-order valence-corrected chi connectivity index (χ0v) is 8.61. The van der Waals surface area contributed by atoms with Crippen LogP contribution < -0.4 is 0 Å². The Labute approximate surface area is 75.5 Å². The van der Waals surface area contributed by atoms with Gasteiger partial charge < -0.3 is 0 Å². The van der Waals surface area contributed by atoms with Crippen molar-refractivity contribution < 1.29 is 0 Å². The molecule has 0 fully saturated rings. The van der Waals surface area contributed by atoms with Gasteiger partial charge in [0.2, 0.25) is 0 Å². The Hall–Kier alpha value is 1.28. The molecule has 0 aliphatic heterocycles. The molecule has 0 aromatic rings. The average molecular weight is 283 g/mol. The summed E-state index contributed by atoms with van der Waals surface area (Å²) in [4.78, 5) is 0. The first-order chi connectivity index (χ1) is 3.72. The summed E-state index contributed by atoms with van der Waals surface area (Å²) in [6.45, 7) is 0. The second kappa shape index (κ2) is 5.10. The molecule has 0 saturated heterocycles. The number of allylic oxidation sites excluding steroid dienone is 2. The Kier molecular flexibility index (Phi) is 5.91. The third kappa shape index (κ3) is 3.33. The van der Waals surface area contributed by atoms with Crippen molar-refractivity contribution >= 4 is 55.1 Å². The topological polar surface area (TPSA) is 0 Å². The minimum absolute atomic E-state index is 0.466. The number of alkyl halides is 2. The summed E-state index contributed by atoms with van der Waals surface area (Å²) >= 11 is 17.3. The van der Waals surface area contributed by atoms with Crippen LogP contribution in [-0.2, 0) is 0 Å². The van der Waals surface area contributed by atoms with Gasteiger partial charge in [0.05, 0.1) is 11.8 Å². The van der Waals surface area contributed by atoms with Crippen LogP contribution in [0.1, 0.15) is 0 Å². The quantitative estimate of drug-likeness (QED) is 0.681. The normalized spacial score (nSPS) is 13.5. The second-order valence-electron chi connectivity index (χ2n) is 1.08. The molecule has 0 bridgehead atoms. The van der Waals surface area contributed by atoms with Gasteiger partial charge >= 0.3 is 0 Å². The lowest BCUT2D eigenvalue weighted by Crippen LogP contribution is -1.78. The van der Waals surface area contributed by atoms with Gasteiger partial charge in [-0.1, -0.05) is 31.9 Å². The van der Waals surface area contributed by atoms with Gasteiger partial charge in [0.25, 0.3) is 0 Å². The molecule has 0 amide bonds.